The second kappa shape index (κ2) is 7.15. The number of allylic oxidation sites excluding steroid dienone is 6. The van der Waals surface area contributed by atoms with Crippen LogP contribution in [-0.4, -0.2) is 7.11 Å². The van der Waals surface area contributed by atoms with Crippen molar-refractivity contribution in [3.8, 4) is 5.75 Å². The van der Waals surface area contributed by atoms with E-state index in [2.05, 4.69) is 73.7 Å². The fourth-order valence-corrected chi connectivity index (χ4v) is 3.15. The van der Waals surface area contributed by atoms with Gasteiger partial charge in [-0.15, -0.1) is 0 Å². The average molecular weight is 302 g/mol. The molecule has 1 aliphatic carbocycles. The first-order chi connectivity index (χ1) is 11.3. The van der Waals surface area contributed by atoms with Crippen molar-refractivity contribution >= 4 is 11.1 Å². The Kier molecular flexibility index (Phi) is 4.77. The normalized spacial score (nSPS) is 14.9. The number of hydrogen-bond donors (Lipinski definition) is 0. The summed E-state index contributed by atoms with van der Waals surface area (Å²) in [5, 5.41) is 0. The molecule has 0 aliphatic heterocycles. The third kappa shape index (κ3) is 3.29. The van der Waals surface area contributed by atoms with Crippen LogP contribution in [0, 0.1) is 5.92 Å². The van der Waals surface area contributed by atoms with Gasteiger partial charge < -0.3 is 4.74 Å². The predicted octanol–water partition coefficient (Wildman–Crippen LogP) is 5.76. The molecule has 0 unspecified atom stereocenters. The second-order valence-electron chi connectivity index (χ2n) is 5.64. The van der Waals surface area contributed by atoms with Crippen molar-refractivity contribution < 1.29 is 4.74 Å². The molecular formula is C22H22O. The summed E-state index contributed by atoms with van der Waals surface area (Å²) in [6.45, 7) is 2.23. The van der Waals surface area contributed by atoms with Crippen molar-refractivity contribution in [3.05, 3.63) is 90.0 Å². The van der Waals surface area contributed by atoms with Gasteiger partial charge in [0.2, 0.25) is 0 Å². The molecule has 0 radical (unpaired) electrons. The number of rotatable bonds is 5. The molecule has 2 aromatic rings. The van der Waals surface area contributed by atoms with Crippen LogP contribution in [0.1, 0.15) is 24.5 Å². The summed E-state index contributed by atoms with van der Waals surface area (Å²) in [5.74, 6) is 1.22. The van der Waals surface area contributed by atoms with E-state index in [0.717, 1.165) is 12.2 Å². The monoisotopic (exact) mass is 302 g/mol. The molecule has 0 aromatic heterocycles. The molecule has 0 spiro atoms. The first-order valence-electron chi connectivity index (χ1n) is 8.11. The van der Waals surface area contributed by atoms with Gasteiger partial charge in [0.15, 0.2) is 0 Å². The van der Waals surface area contributed by atoms with Gasteiger partial charge in [-0.05, 0) is 40.8 Å². The van der Waals surface area contributed by atoms with Crippen molar-refractivity contribution in [1.82, 2.24) is 0 Å². The zero-order valence-corrected chi connectivity index (χ0v) is 13.7. The van der Waals surface area contributed by atoms with Crippen LogP contribution in [0.2, 0.25) is 0 Å². The van der Waals surface area contributed by atoms with Crippen molar-refractivity contribution in [2.24, 2.45) is 5.92 Å². The Morgan fingerprint density at radius 2 is 1.52 bits per heavy atom. The van der Waals surface area contributed by atoms with E-state index in [0.29, 0.717) is 5.92 Å². The lowest BCUT2D eigenvalue weighted by atomic mass is 9.85. The van der Waals surface area contributed by atoms with E-state index in [1.165, 1.54) is 22.3 Å². The molecule has 2 aromatic carbocycles. The third-order valence-corrected chi connectivity index (χ3v) is 4.28. The summed E-state index contributed by atoms with van der Waals surface area (Å²) in [6.07, 6.45) is 9.79. The Morgan fingerprint density at radius 1 is 0.870 bits per heavy atom. The minimum absolute atomic E-state index is 0.332. The highest BCUT2D eigenvalue weighted by atomic mass is 16.5. The summed E-state index contributed by atoms with van der Waals surface area (Å²) in [5.41, 5.74) is 5.34. The number of methoxy groups -OCH3 is 1. The van der Waals surface area contributed by atoms with Gasteiger partial charge in [-0.25, -0.2) is 0 Å². The van der Waals surface area contributed by atoms with Gasteiger partial charge in [-0.1, -0.05) is 73.7 Å². The van der Waals surface area contributed by atoms with E-state index >= 15 is 0 Å². The smallest absolute Gasteiger partial charge is 0.118 e. The van der Waals surface area contributed by atoms with Gasteiger partial charge in [0.1, 0.15) is 5.75 Å². The summed E-state index contributed by atoms with van der Waals surface area (Å²) in [7, 11) is 1.70. The number of hydrogen-bond acceptors (Lipinski definition) is 1. The fourth-order valence-electron chi connectivity index (χ4n) is 3.15. The van der Waals surface area contributed by atoms with Crippen molar-refractivity contribution in [2.75, 3.05) is 7.11 Å². The molecule has 0 bridgehead atoms. The maximum Gasteiger partial charge on any atom is 0.118 e. The Balaban J connectivity index is 2.15. The third-order valence-electron chi connectivity index (χ3n) is 4.28. The van der Waals surface area contributed by atoms with Crippen molar-refractivity contribution in [1.29, 1.82) is 0 Å². The van der Waals surface area contributed by atoms with E-state index in [1.54, 1.807) is 7.11 Å². The van der Waals surface area contributed by atoms with E-state index in [-0.39, 0.29) is 0 Å². The van der Waals surface area contributed by atoms with Gasteiger partial charge in [-0.2, -0.15) is 0 Å². The lowest BCUT2D eigenvalue weighted by Crippen LogP contribution is -2.00. The zero-order valence-electron chi connectivity index (χ0n) is 13.7. The summed E-state index contributed by atoms with van der Waals surface area (Å²) in [4.78, 5) is 0. The average Bonchev–Trinajstić information content (AvgIpc) is 3.14. The van der Waals surface area contributed by atoms with Crippen LogP contribution in [-0.2, 0) is 0 Å². The molecule has 0 amide bonds. The first-order valence-corrected chi connectivity index (χ1v) is 8.11. The molecular weight excluding hydrogens is 280 g/mol. The van der Waals surface area contributed by atoms with Gasteiger partial charge in [0, 0.05) is 5.92 Å². The maximum absolute atomic E-state index is 5.30. The number of benzene rings is 2. The molecule has 116 valence electrons. The van der Waals surface area contributed by atoms with Crippen LogP contribution >= 0.6 is 0 Å². The van der Waals surface area contributed by atoms with Crippen LogP contribution < -0.4 is 4.74 Å². The van der Waals surface area contributed by atoms with E-state index in [1.807, 2.05) is 12.1 Å². The Bertz CT molecular complexity index is 721. The van der Waals surface area contributed by atoms with Crippen LogP contribution in [0.15, 0.2) is 78.9 Å². The topological polar surface area (TPSA) is 9.23 Å². The number of ether oxygens (including phenoxy) is 1. The summed E-state index contributed by atoms with van der Waals surface area (Å²) in [6, 6.07) is 19.1. The van der Waals surface area contributed by atoms with Gasteiger partial charge in [-0.3, -0.25) is 0 Å². The summed E-state index contributed by atoms with van der Waals surface area (Å²) < 4.78 is 5.30. The molecule has 0 saturated heterocycles. The molecule has 23 heavy (non-hydrogen) atoms. The Labute approximate surface area is 138 Å². The highest BCUT2D eigenvalue weighted by Crippen LogP contribution is 2.37. The molecule has 0 atom stereocenters. The van der Waals surface area contributed by atoms with Crippen LogP contribution in [0.5, 0.6) is 5.75 Å². The van der Waals surface area contributed by atoms with Crippen LogP contribution in [0.3, 0.4) is 0 Å². The molecule has 1 nitrogen and oxygen atoms in total. The van der Waals surface area contributed by atoms with Gasteiger partial charge in [0.05, 0.1) is 7.11 Å². The minimum Gasteiger partial charge on any atom is -0.497 e. The SMILES string of the molecule is CC/C(=C(\c1ccc(OC)cc1)C1C=CC=C1)c1ccccc1. The van der Waals surface area contributed by atoms with E-state index in [9.17, 15) is 0 Å². The summed E-state index contributed by atoms with van der Waals surface area (Å²) >= 11 is 0. The van der Waals surface area contributed by atoms with Crippen LogP contribution in [0.25, 0.3) is 11.1 Å². The standard InChI is InChI=1S/C22H22O/c1-3-21(17-9-5-4-6-10-17)22(18-11-7-8-12-18)19-13-15-20(23-2)16-14-19/h4-16,18H,3H2,1-2H3/b22-21+. The molecule has 1 aliphatic rings. The Hall–Kier alpha value is -2.54. The zero-order chi connectivity index (χ0) is 16.1. The second-order valence-corrected chi connectivity index (χ2v) is 5.64. The maximum atomic E-state index is 5.30. The van der Waals surface area contributed by atoms with Crippen LogP contribution in [0.4, 0.5) is 0 Å². The lowest BCUT2D eigenvalue weighted by molar-refractivity contribution is 0.415. The van der Waals surface area contributed by atoms with E-state index < -0.39 is 0 Å². The highest BCUT2D eigenvalue weighted by molar-refractivity contribution is 5.93. The molecule has 0 N–H and O–H groups in total. The molecule has 3 rings (SSSR count). The Morgan fingerprint density at radius 3 is 2.09 bits per heavy atom. The largest absolute Gasteiger partial charge is 0.497 e. The van der Waals surface area contributed by atoms with Crippen molar-refractivity contribution in [3.63, 3.8) is 0 Å². The fraction of sp³-hybridized carbons (Fsp3) is 0.182. The minimum atomic E-state index is 0.332. The quantitative estimate of drug-likeness (QED) is 0.638. The lowest BCUT2D eigenvalue weighted by Gasteiger charge is -2.19. The first kappa shape index (κ1) is 15.4. The van der Waals surface area contributed by atoms with Gasteiger partial charge in [0.25, 0.3) is 0 Å². The highest BCUT2D eigenvalue weighted by Gasteiger charge is 2.18. The van der Waals surface area contributed by atoms with Crippen molar-refractivity contribution in [2.45, 2.75) is 13.3 Å². The predicted molar refractivity (Wildman–Crippen MR) is 98.3 cm³/mol. The molecule has 1 heteroatoms. The molecule has 0 saturated carbocycles. The molecule has 0 heterocycles. The van der Waals surface area contributed by atoms with E-state index in [4.69, 9.17) is 4.74 Å². The molecule has 0 fully saturated rings. The van der Waals surface area contributed by atoms with Gasteiger partial charge >= 0.3 is 0 Å².